The fourth-order valence-corrected chi connectivity index (χ4v) is 3.41. The number of hydrogen-bond donors (Lipinski definition) is 0. The van der Waals surface area contributed by atoms with Crippen LogP contribution in [-0.4, -0.2) is 22.2 Å². The Morgan fingerprint density at radius 3 is 2.45 bits per heavy atom. The molecule has 1 saturated carbocycles. The van der Waals surface area contributed by atoms with Gasteiger partial charge in [0.1, 0.15) is 0 Å². The second-order valence-corrected chi connectivity index (χ2v) is 6.19. The summed E-state index contributed by atoms with van der Waals surface area (Å²) in [6.07, 6.45) is 3.84. The summed E-state index contributed by atoms with van der Waals surface area (Å²) in [4.78, 5) is 14.0. The third-order valence-corrected chi connectivity index (χ3v) is 4.77. The largest absolute Gasteiger partial charge is 0.334 e. The summed E-state index contributed by atoms with van der Waals surface area (Å²) >= 11 is 3.21. The van der Waals surface area contributed by atoms with Gasteiger partial charge < -0.3 is 4.90 Å². The number of alkyl halides is 1. The van der Waals surface area contributed by atoms with Crippen molar-refractivity contribution in [3.63, 3.8) is 0 Å². The lowest BCUT2D eigenvalue weighted by Crippen LogP contribution is -2.41. The molecule has 1 aliphatic carbocycles. The molecule has 20 heavy (non-hydrogen) atoms. The smallest absolute Gasteiger partial charge is 0.233 e. The fourth-order valence-electron chi connectivity index (χ4n) is 3.09. The predicted octanol–water partition coefficient (Wildman–Crippen LogP) is 3.41. The van der Waals surface area contributed by atoms with E-state index in [0.29, 0.717) is 18.9 Å². The first-order valence-corrected chi connectivity index (χ1v) is 8.04. The molecule has 2 nitrogen and oxygen atoms in total. The molecule has 1 amide bonds. The number of carbonyl (C=O) groups is 1. The molecule has 0 N–H and O–H groups in total. The highest BCUT2D eigenvalue weighted by molar-refractivity contribution is 9.09. The molecule has 0 radical (unpaired) electrons. The maximum Gasteiger partial charge on any atom is 0.233 e. The van der Waals surface area contributed by atoms with E-state index in [9.17, 15) is 13.6 Å². The summed E-state index contributed by atoms with van der Waals surface area (Å²) in [6.45, 7) is 0.387. The normalized spacial score (nSPS) is 22.4. The average Bonchev–Trinajstić information content (AvgIpc) is 3.25. The molecule has 1 aromatic carbocycles. The number of hydrogen-bond acceptors (Lipinski definition) is 1. The van der Waals surface area contributed by atoms with Gasteiger partial charge in [-0.1, -0.05) is 15.9 Å². The molecule has 1 aliphatic heterocycles. The summed E-state index contributed by atoms with van der Waals surface area (Å²) in [5, 5.41) is 0.273. The maximum absolute atomic E-state index is 13.4. The Labute approximate surface area is 125 Å². The molecule has 1 heterocycles. The van der Waals surface area contributed by atoms with Crippen LogP contribution in [0, 0.1) is 17.6 Å². The van der Waals surface area contributed by atoms with Gasteiger partial charge in [0, 0.05) is 12.6 Å². The van der Waals surface area contributed by atoms with Gasteiger partial charge in [0.15, 0.2) is 11.6 Å². The van der Waals surface area contributed by atoms with E-state index in [1.165, 1.54) is 12.1 Å². The first-order valence-electron chi connectivity index (χ1n) is 6.92. The third kappa shape index (κ3) is 2.60. The van der Waals surface area contributed by atoms with Gasteiger partial charge in [0.25, 0.3) is 0 Å². The van der Waals surface area contributed by atoms with Crippen LogP contribution in [0.5, 0.6) is 0 Å². The van der Waals surface area contributed by atoms with Crippen LogP contribution in [-0.2, 0) is 17.8 Å². The molecule has 0 spiro atoms. The van der Waals surface area contributed by atoms with Crippen LogP contribution in [0.2, 0.25) is 0 Å². The Morgan fingerprint density at radius 2 is 1.85 bits per heavy atom. The van der Waals surface area contributed by atoms with Crippen LogP contribution in [0.4, 0.5) is 8.78 Å². The molecule has 0 saturated heterocycles. The minimum absolute atomic E-state index is 0.0273. The van der Waals surface area contributed by atoms with Gasteiger partial charge in [0.2, 0.25) is 5.91 Å². The number of benzene rings is 1. The standard InChI is InChI=1S/C15H16BrF2NO/c16-7-15(20)19-8-11-6-13(18)12(17)5-10(11)3-4-14(19)9-1-2-9/h5-6,9,14H,1-4,7-8H2/t14-/m0/s1. The summed E-state index contributed by atoms with van der Waals surface area (Å²) in [5.74, 6) is -1.05. The van der Waals surface area contributed by atoms with Gasteiger partial charge in [-0.05, 0) is 54.9 Å². The Bertz CT molecular complexity index is 545. The molecule has 5 heteroatoms. The van der Waals surface area contributed by atoms with Crippen LogP contribution in [0.1, 0.15) is 30.4 Å². The number of halogens is 3. The summed E-state index contributed by atoms with van der Waals surface area (Å²) in [6, 6.07) is 2.74. The molecule has 2 aliphatic rings. The van der Waals surface area contributed by atoms with Crippen LogP contribution < -0.4 is 0 Å². The lowest BCUT2D eigenvalue weighted by molar-refractivity contribution is -0.131. The minimum atomic E-state index is -0.833. The van der Waals surface area contributed by atoms with E-state index in [1.807, 2.05) is 4.90 Å². The van der Waals surface area contributed by atoms with Crippen molar-refractivity contribution in [2.75, 3.05) is 5.33 Å². The molecular weight excluding hydrogens is 328 g/mol. The Balaban J connectivity index is 1.94. The van der Waals surface area contributed by atoms with E-state index in [-0.39, 0.29) is 17.3 Å². The van der Waals surface area contributed by atoms with Crippen LogP contribution in [0.3, 0.4) is 0 Å². The van der Waals surface area contributed by atoms with Crippen molar-refractivity contribution < 1.29 is 13.6 Å². The van der Waals surface area contributed by atoms with Crippen molar-refractivity contribution in [2.45, 2.75) is 38.3 Å². The van der Waals surface area contributed by atoms with E-state index in [2.05, 4.69) is 15.9 Å². The zero-order chi connectivity index (χ0) is 14.3. The lowest BCUT2D eigenvalue weighted by atomic mass is 10.0. The number of carbonyl (C=O) groups excluding carboxylic acids is 1. The first kappa shape index (κ1) is 14.0. The van der Waals surface area contributed by atoms with Crippen LogP contribution >= 0.6 is 15.9 Å². The Kier molecular flexibility index (Phi) is 3.80. The Hall–Kier alpha value is -0.970. The fraction of sp³-hybridized carbons (Fsp3) is 0.533. The van der Waals surface area contributed by atoms with Gasteiger partial charge in [-0.2, -0.15) is 0 Å². The van der Waals surface area contributed by atoms with E-state index < -0.39 is 11.6 Å². The lowest BCUT2D eigenvalue weighted by Gasteiger charge is -2.30. The van der Waals surface area contributed by atoms with Crippen molar-refractivity contribution >= 4 is 21.8 Å². The van der Waals surface area contributed by atoms with Crippen LogP contribution in [0.15, 0.2) is 12.1 Å². The van der Waals surface area contributed by atoms with Gasteiger partial charge >= 0.3 is 0 Å². The first-order chi connectivity index (χ1) is 9.60. The van der Waals surface area contributed by atoms with Gasteiger partial charge in [-0.25, -0.2) is 8.78 Å². The highest BCUT2D eigenvalue weighted by Gasteiger charge is 2.38. The SMILES string of the molecule is O=C(CBr)N1Cc2cc(F)c(F)cc2CC[C@H]1C1CC1. The summed E-state index contributed by atoms with van der Waals surface area (Å²) < 4.78 is 26.8. The predicted molar refractivity (Wildman–Crippen MR) is 75.5 cm³/mol. The molecule has 0 aromatic heterocycles. The molecule has 1 aromatic rings. The van der Waals surface area contributed by atoms with E-state index >= 15 is 0 Å². The second kappa shape index (κ2) is 5.43. The minimum Gasteiger partial charge on any atom is -0.334 e. The number of aryl methyl sites for hydroxylation is 1. The quantitative estimate of drug-likeness (QED) is 0.753. The zero-order valence-electron chi connectivity index (χ0n) is 11.0. The van der Waals surface area contributed by atoms with E-state index in [4.69, 9.17) is 0 Å². The van der Waals surface area contributed by atoms with E-state index in [0.717, 1.165) is 30.4 Å². The molecule has 1 atom stereocenters. The number of fused-ring (bicyclic) bond motifs is 1. The molecule has 0 unspecified atom stereocenters. The highest BCUT2D eigenvalue weighted by atomic mass is 79.9. The topological polar surface area (TPSA) is 20.3 Å². The second-order valence-electron chi connectivity index (χ2n) is 5.63. The van der Waals surface area contributed by atoms with Crippen molar-refractivity contribution in [1.29, 1.82) is 0 Å². The van der Waals surface area contributed by atoms with Crippen molar-refractivity contribution in [2.24, 2.45) is 5.92 Å². The van der Waals surface area contributed by atoms with Gasteiger partial charge in [-0.3, -0.25) is 4.79 Å². The third-order valence-electron chi connectivity index (χ3n) is 4.29. The summed E-state index contributed by atoms with van der Waals surface area (Å²) in [5.41, 5.74) is 1.57. The maximum atomic E-state index is 13.4. The number of nitrogens with zero attached hydrogens (tertiary/aromatic N) is 1. The molecule has 3 rings (SSSR count). The molecule has 1 fully saturated rings. The molecule has 108 valence electrons. The van der Waals surface area contributed by atoms with Crippen molar-refractivity contribution in [1.82, 2.24) is 4.90 Å². The van der Waals surface area contributed by atoms with E-state index in [1.54, 1.807) is 0 Å². The van der Waals surface area contributed by atoms with Gasteiger partial charge in [0.05, 0.1) is 5.33 Å². The average molecular weight is 344 g/mol. The molecular formula is C15H16BrF2NO. The highest BCUT2D eigenvalue weighted by Crippen LogP contribution is 2.40. The van der Waals surface area contributed by atoms with Gasteiger partial charge in [-0.15, -0.1) is 0 Å². The zero-order valence-corrected chi connectivity index (χ0v) is 12.6. The van der Waals surface area contributed by atoms with Crippen molar-refractivity contribution in [3.05, 3.63) is 34.9 Å². The summed E-state index contributed by atoms with van der Waals surface area (Å²) in [7, 11) is 0. The molecule has 0 bridgehead atoms. The van der Waals surface area contributed by atoms with Crippen molar-refractivity contribution in [3.8, 4) is 0 Å². The monoisotopic (exact) mass is 343 g/mol. The number of amides is 1. The number of rotatable bonds is 2. The Morgan fingerprint density at radius 1 is 1.20 bits per heavy atom. The van der Waals surface area contributed by atoms with Crippen LogP contribution in [0.25, 0.3) is 0 Å².